The summed E-state index contributed by atoms with van der Waals surface area (Å²) in [6, 6.07) is 11.0. The summed E-state index contributed by atoms with van der Waals surface area (Å²) in [7, 11) is 0. The molecule has 8 heteroatoms. The van der Waals surface area contributed by atoms with E-state index in [1.165, 1.54) is 22.5 Å². The number of nitrogens with zero attached hydrogens (tertiary/aromatic N) is 3. The second-order valence-electron chi connectivity index (χ2n) is 5.02. The second-order valence-corrected chi connectivity index (χ2v) is 7.28. The molecular formula is C16H16N4O2S2. The molecule has 0 fully saturated rings. The summed E-state index contributed by atoms with van der Waals surface area (Å²) in [6.07, 6.45) is 2.24. The largest absolute Gasteiger partial charge is 0.355 e. The van der Waals surface area contributed by atoms with Crippen LogP contribution in [0.1, 0.15) is 6.42 Å². The smallest absolute Gasteiger partial charge is 0.266 e. The first-order chi connectivity index (χ1) is 11.7. The van der Waals surface area contributed by atoms with E-state index in [-0.39, 0.29) is 11.5 Å². The van der Waals surface area contributed by atoms with Crippen LogP contribution in [-0.2, 0) is 11.3 Å². The lowest BCUT2D eigenvalue weighted by molar-refractivity contribution is -0.118. The number of benzene rings is 1. The van der Waals surface area contributed by atoms with E-state index >= 15 is 0 Å². The number of carbonyl (C=O) groups excluding carboxylic acids is 1. The van der Waals surface area contributed by atoms with Crippen LogP contribution in [0.15, 0.2) is 51.7 Å². The summed E-state index contributed by atoms with van der Waals surface area (Å²) in [5.41, 5.74) is 0.835. The summed E-state index contributed by atoms with van der Waals surface area (Å²) in [5, 5.41) is 6.82. The Labute approximate surface area is 146 Å². The highest BCUT2D eigenvalue weighted by Crippen LogP contribution is 2.28. The van der Waals surface area contributed by atoms with Gasteiger partial charge in [-0.3, -0.25) is 9.59 Å². The van der Waals surface area contributed by atoms with Crippen molar-refractivity contribution in [3.05, 3.63) is 52.9 Å². The minimum atomic E-state index is -0.129. The number of aryl methyl sites for hydroxylation is 1. The monoisotopic (exact) mass is 360 g/mol. The van der Waals surface area contributed by atoms with Crippen LogP contribution in [0.3, 0.4) is 0 Å². The normalized spacial score (nSPS) is 10.8. The molecule has 2 heterocycles. The lowest BCUT2D eigenvalue weighted by Crippen LogP contribution is -2.28. The van der Waals surface area contributed by atoms with E-state index in [1.807, 2.05) is 24.3 Å². The lowest BCUT2D eigenvalue weighted by atomic mass is 10.3. The molecule has 0 aliphatic rings. The maximum absolute atomic E-state index is 11.9. The van der Waals surface area contributed by atoms with Crippen LogP contribution in [0, 0.1) is 0 Å². The number of aromatic nitrogens is 3. The molecule has 0 aliphatic carbocycles. The van der Waals surface area contributed by atoms with Gasteiger partial charge >= 0.3 is 0 Å². The number of carbonyl (C=O) groups is 1. The molecule has 124 valence electrons. The third-order valence-corrected chi connectivity index (χ3v) is 5.43. The third kappa shape index (κ3) is 4.42. The highest BCUT2D eigenvalue weighted by Gasteiger charge is 2.07. The highest BCUT2D eigenvalue weighted by molar-refractivity contribution is 8.01. The number of para-hydroxylation sites is 1. The van der Waals surface area contributed by atoms with Crippen molar-refractivity contribution >= 4 is 39.2 Å². The Hall–Kier alpha value is -2.19. The molecule has 1 amide bonds. The van der Waals surface area contributed by atoms with Crippen molar-refractivity contribution < 1.29 is 4.79 Å². The zero-order valence-electron chi connectivity index (χ0n) is 12.8. The Morgan fingerprint density at radius 3 is 2.96 bits per heavy atom. The number of rotatable bonds is 7. The molecule has 24 heavy (non-hydrogen) atoms. The molecular weight excluding hydrogens is 344 g/mol. The molecule has 0 bridgehead atoms. The quantitative estimate of drug-likeness (QED) is 0.516. The molecule has 3 aromatic rings. The molecule has 3 rings (SSSR count). The van der Waals surface area contributed by atoms with Crippen LogP contribution >= 0.6 is 23.1 Å². The van der Waals surface area contributed by atoms with Gasteiger partial charge < -0.3 is 5.32 Å². The van der Waals surface area contributed by atoms with Crippen molar-refractivity contribution in [2.24, 2.45) is 0 Å². The maximum Gasteiger partial charge on any atom is 0.266 e. The van der Waals surface area contributed by atoms with Gasteiger partial charge in [0.05, 0.1) is 16.0 Å². The van der Waals surface area contributed by atoms with Gasteiger partial charge in [0.1, 0.15) is 0 Å². The molecule has 0 saturated carbocycles. The van der Waals surface area contributed by atoms with Crippen LogP contribution in [0.25, 0.3) is 10.2 Å². The van der Waals surface area contributed by atoms with E-state index in [0.29, 0.717) is 25.3 Å². The zero-order valence-corrected chi connectivity index (χ0v) is 14.5. The SMILES string of the molecule is O=C(CSc1nc2ccccc2s1)NCCCn1ncccc1=O. The van der Waals surface area contributed by atoms with E-state index in [2.05, 4.69) is 15.4 Å². The minimum absolute atomic E-state index is 0.0346. The highest BCUT2D eigenvalue weighted by atomic mass is 32.2. The van der Waals surface area contributed by atoms with Gasteiger partial charge in [0.15, 0.2) is 4.34 Å². The topological polar surface area (TPSA) is 76.9 Å². The van der Waals surface area contributed by atoms with Gasteiger partial charge in [-0.25, -0.2) is 9.67 Å². The summed E-state index contributed by atoms with van der Waals surface area (Å²) in [4.78, 5) is 27.8. The Kier molecular flexibility index (Phi) is 5.60. The Balaban J connectivity index is 1.40. The third-order valence-electron chi connectivity index (χ3n) is 3.26. The van der Waals surface area contributed by atoms with Crippen LogP contribution in [0.5, 0.6) is 0 Å². The van der Waals surface area contributed by atoms with Crippen molar-refractivity contribution in [3.8, 4) is 0 Å². The molecule has 0 aliphatic heterocycles. The molecule has 0 spiro atoms. The van der Waals surface area contributed by atoms with Gasteiger partial charge in [-0.2, -0.15) is 5.10 Å². The van der Waals surface area contributed by atoms with Crippen molar-refractivity contribution in [1.82, 2.24) is 20.1 Å². The number of thiazole rings is 1. The van der Waals surface area contributed by atoms with Crippen molar-refractivity contribution in [3.63, 3.8) is 0 Å². The standard InChI is InChI=1S/C16H16N4O2S2/c21-14(17-8-4-10-20-15(22)7-3-9-18-20)11-23-16-19-12-5-1-2-6-13(12)24-16/h1-3,5-7,9H,4,8,10-11H2,(H,17,21). The average molecular weight is 360 g/mol. The van der Waals surface area contributed by atoms with Gasteiger partial charge in [0.25, 0.3) is 5.56 Å². The lowest BCUT2D eigenvalue weighted by Gasteiger charge is -2.05. The van der Waals surface area contributed by atoms with Crippen LogP contribution in [-0.4, -0.2) is 33.0 Å². The number of nitrogens with one attached hydrogen (secondary N) is 1. The predicted octanol–water partition coefficient (Wildman–Crippen LogP) is 2.15. The molecule has 0 radical (unpaired) electrons. The molecule has 1 N–H and O–H groups in total. The summed E-state index contributed by atoms with van der Waals surface area (Å²) >= 11 is 3.03. The van der Waals surface area contributed by atoms with Gasteiger partial charge in [0, 0.05) is 25.4 Å². The fraction of sp³-hybridized carbons (Fsp3) is 0.250. The Morgan fingerprint density at radius 1 is 1.25 bits per heavy atom. The Bertz CT molecular complexity index is 858. The van der Waals surface area contributed by atoms with Crippen molar-refractivity contribution in [2.75, 3.05) is 12.3 Å². The maximum atomic E-state index is 11.9. The van der Waals surface area contributed by atoms with Crippen LogP contribution < -0.4 is 10.9 Å². The van der Waals surface area contributed by atoms with Crippen molar-refractivity contribution in [2.45, 2.75) is 17.3 Å². The van der Waals surface area contributed by atoms with E-state index < -0.39 is 0 Å². The molecule has 0 atom stereocenters. The van der Waals surface area contributed by atoms with Crippen molar-refractivity contribution in [1.29, 1.82) is 0 Å². The molecule has 0 saturated heterocycles. The van der Waals surface area contributed by atoms with Gasteiger partial charge in [-0.15, -0.1) is 11.3 Å². The fourth-order valence-corrected chi connectivity index (χ4v) is 4.00. The molecule has 0 unspecified atom stereocenters. The average Bonchev–Trinajstić information content (AvgIpc) is 3.01. The molecule has 6 nitrogen and oxygen atoms in total. The van der Waals surface area contributed by atoms with Gasteiger partial charge in [-0.1, -0.05) is 23.9 Å². The minimum Gasteiger partial charge on any atom is -0.355 e. The van der Waals surface area contributed by atoms with Crippen LogP contribution in [0.4, 0.5) is 0 Å². The number of amides is 1. The fourth-order valence-electron chi connectivity index (χ4n) is 2.10. The van der Waals surface area contributed by atoms with Crippen LogP contribution in [0.2, 0.25) is 0 Å². The number of fused-ring (bicyclic) bond motifs is 1. The second kappa shape index (κ2) is 8.07. The van der Waals surface area contributed by atoms with E-state index in [1.54, 1.807) is 23.6 Å². The van der Waals surface area contributed by atoms with Gasteiger partial charge in [-0.05, 0) is 24.6 Å². The first-order valence-corrected chi connectivity index (χ1v) is 9.30. The first kappa shape index (κ1) is 16.7. The number of hydrogen-bond acceptors (Lipinski definition) is 6. The van der Waals surface area contributed by atoms with Gasteiger partial charge in [0.2, 0.25) is 5.91 Å². The van der Waals surface area contributed by atoms with E-state index in [9.17, 15) is 9.59 Å². The zero-order chi connectivity index (χ0) is 16.8. The molecule has 2 aromatic heterocycles. The summed E-state index contributed by atoms with van der Waals surface area (Å²) < 4.78 is 3.41. The van der Waals surface area contributed by atoms with E-state index in [0.717, 1.165) is 14.6 Å². The molecule has 1 aromatic carbocycles. The first-order valence-electron chi connectivity index (χ1n) is 7.49. The Morgan fingerprint density at radius 2 is 2.12 bits per heavy atom. The van der Waals surface area contributed by atoms with E-state index in [4.69, 9.17) is 0 Å². The summed E-state index contributed by atoms with van der Waals surface area (Å²) in [5.74, 6) is 0.302. The number of hydrogen-bond donors (Lipinski definition) is 1. The summed E-state index contributed by atoms with van der Waals surface area (Å²) in [6.45, 7) is 1.01. The number of thioether (sulfide) groups is 1. The predicted molar refractivity (Wildman–Crippen MR) is 96.5 cm³/mol.